The van der Waals surface area contributed by atoms with Crippen molar-refractivity contribution in [2.24, 2.45) is 0 Å². The summed E-state index contributed by atoms with van der Waals surface area (Å²) in [5.74, 6) is -2.90. The molecule has 0 saturated carbocycles. The van der Waals surface area contributed by atoms with Gasteiger partial charge in [0.05, 0.1) is 24.7 Å². The van der Waals surface area contributed by atoms with Gasteiger partial charge >= 0.3 is 12.1 Å². The van der Waals surface area contributed by atoms with Crippen LogP contribution in [-0.4, -0.2) is 12.1 Å². The number of esters is 1. The molecule has 0 bridgehead atoms. The summed E-state index contributed by atoms with van der Waals surface area (Å²) in [5, 5.41) is -0.246. The summed E-state index contributed by atoms with van der Waals surface area (Å²) in [6, 6.07) is 0. The van der Waals surface area contributed by atoms with Crippen LogP contribution in [0.2, 0.25) is 10.0 Å². The van der Waals surface area contributed by atoms with Crippen molar-refractivity contribution in [2.75, 3.05) is 5.73 Å². The summed E-state index contributed by atoms with van der Waals surface area (Å²) in [6.45, 7) is 0. The minimum Gasteiger partial charge on any atom is -0.417 e. The normalized spacial score (nSPS) is 11.5. The molecular formula is C8H2Br2Cl2F3NO2. The first-order valence-corrected chi connectivity index (χ1v) is 6.32. The van der Waals surface area contributed by atoms with Gasteiger partial charge in [0.25, 0.3) is 0 Å². The number of hydrogen-bond acceptors (Lipinski definition) is 3. The number of nitrogens with two attached hydrogens (primary N) is 1. The third-order valence-electron chi connectivity index (χ3n) is 1.68. The van der Waals surface area contributed by atoms with Gasteiger partial charge < -0.3 is 10.5 Å². The lowest BCUT2D eigenvalue weighted by Gasteiger charge is -2.14. The fourth-order valence-electron chi connectivity index (χ4n) is 0.869. The van der Waals surface area contributed by atoms with Crippen LogP contribution >= 0.6 is 55.1 Å². The van der Waals surface area contributed by atoms with Crippen molar-refractivity contribution >= 4 is 66.7 Å². The molecule has 10 heteroatoms. The van der Waals surface area contributed by atoms with Crippen molar-refractivity contribution < 1.29 is 22.7 Å². The molecule has 0 aliphatic rings. The van der Waals surface area contributed by atoms with Gasteiger partial charge in [-0.1, -0.05) is 23.2 Å². The van der Waals surface area contributed by atoms with Crippen LogP contribution in [-0.2, 0) is 4.79 Å². The van der Waals surface area contributed by atoms with E-state index < -0.39 is 17.9 Å². The summed E-state index contributed by atoms with van der Waals surface area (Å²) in [5.41, 5.74) is 5.34. The van der Waals surface area contributed by atoms with Gasteiger partial charge in [0, 0.05) is 0 Å². The Labute approximate surface area is 126 Å². The standard InChI is InChI=1S/C8H2Br2Cl2F3NO2/c9-1-3(11)4(12)5(16)2(10)6(1)18-7(17)8(13,14)15/h16H2. The molecule has 0 heterocycles. The zero-order chi connectivity index (χ0) is 14.2. The van der Waals surface area contributed by atoms with Crippen LogP contribution in [0, 0.1) is 0 Å². The molecule has 0 atom stereocenters. The third kappa shape index (κ3) is 3.04. The molecule has 2 N–H and O–H groups in total. The van der Waals surface area contributed by atoms with E-state index in [1.54, 1.807) is 0 Å². The Kier molecular flexibility index (Phi) is 4.80. The molecule has 1 aromatic rings. The Bertz CT molecular complexity index is 493. The number of carbonyl (C=O) groups is 1. The maximum atomic E-state index is 12.1. The van der Waals surface area contributed by atoms with Gasteiger partial charge in [-0.3, -0.25) is 0 Å². The number of hydrogen-bond donors (Lipinski definition) is 1. The largest absolute Gasteiger partial charge is 0.491 e. The summed E-state index contributed by atoms with van der Waals surface area (Å²) in [7, 11) is 0. The van der Waals surface area contributed by atoms with Crippen LogP contribution in [0.1, 0.15) is 0 Å². The van der Waals surface area contributed by atoms with Crippen molar-refractivity contribution in [2.45, 2.75) is 6.18 Å². The number of benzene rings is 1. The highest BCUT2D eigenvalue weighted by atomic mass is 79.9. The van der Waals surface area contributed by atoms with Gasteiger partial charge in [0.1, 0.15) is 0 Å². The van der Waals surface area contributed by atoms with Gasteiger partial charge in [0.2, 0.25) is 0 Å². The molecule has 0 aromatic heterocycles. The van der Waals surface area contributed by atoms with E-state index in [9.17, 15) is 18.0 Å². The van der Waals surface area contributed by atoms with Gasteiger partial charge in [0.15, 0.2) is 5.75 Å². The molecule has 0 unspecified atom stereocenters. The zero-order valence-electron chi connectivity index (χ0n) is 8.04. The fourth-order valence-corrected chi connectivity index (χ4v) is 2.70. The van der Waals surface area contributed by atoms with E-state index in [1.165, 1.54) is 0 Å². The minimum atomic E-state index is -5.14. The Morgan fingerprint density at radius 2 is 1.67 bits per heavy atom. The van der Waals surface area contributed by atoms with Crippen LogP contribution in [0.25, 0.3) is 0 Å². The molecule has 0 radical (unpaired) electrons. The Morgan fingerprint density at radius 1 is 1.17 bits per heavy atom. The van der Waals surface area contributed by atoms with Crippen molar-refractivity contribution in [1.82, 2.24) is 0 Å². The molecule has 100 valence electrons. The highest BCUT2D eigenvalue weighted by Gasteiger charge is 2.42. The molecule has 0 aliphatic heterocycles. The number of nitrogen functional groups attached to an aromatic ring is 1. The summed E-state index contributed by atoms with van der Waals surface area (Å²) in [4.78, 5) is 10.7. The second kappa shape index (κ2) is 5.44. The van der Waals surface area contributed by atoms with Crippen molar-refractivity contribution in [3.63, 3.8) is 0 Å². The Balaban J connectivity index is 3.31. The number of carbonyl (C=O) groups excluding carboxylic acids is 1. The number of ether oxygens (including phenoxy) is 1. The molecule has 0 spiro atoms. The smallest absolute Gasteiger partial charge is 0.417 e. The van der Waals surface area contributed by atoms with E-state index in [2.05, 4.69) is 36.6 Å². The van der Waals surface area contributed by atoms with Gasteiger partial charge in [-0.2, -0.15) is 13.2 Å². The molecule has 3 nitrogen and oxygen atoms in total. The van der Waals surface area contributed by atoms with E-state index in [1.807, 2.05) is 0 Å². The van der Waals surface area contributed by atoms with E-state index in [0.717, 1.165) is 0 Å². The molecule has 0 amide bonds. The van der Waals surface area contributed by atoms with Gasteiger partial charge in [-0.15, -0.1) is 0 Å². The fraction of sp³-hybridized carbons (Fsp3) is 0.125. The maximum Gasteiger partial charge on any atom is 0.491 e. The van der Waals surface area contributed by atoms with Crippen LogP contribution in [0.4, 0.5) is 18.9 Å². The van der Waals surface area contributed by atoms with Crippen molar-refractivity contribution in [3.8, 4) is 5.75 Å². The first-order chi connectivity index (χ1) is 8.07. The second-order valence-electron chi connectivity index (χ2n) is 2.89. The van der Waals surface area contributed by atoms with Crippen LogP contribution < -0.4 is 10.5 Å². The van der Waals surface area contributed by atoms with E-state index >= 15 is 0 Å². The molecule has 1 rings (SSSR count). The van der Waals surface area contributed by atoms with E-state index in [0.29, 0.717) is 0 Å². The average molecular weight is 432 g/mol. The first kappa shape index (κ1) is 15.9. The third-order valence-corrected chi connectivity index (χ3v) is 4.32. The SMILES string of the molecule is Nc1c(Cl)c(Cl)c(Br)c(OC(=O)C(F)(F)F)c1Br. The highest BCUT2D eigenvalue weighted by molar-refractivity contribution is 9.11. The number of rotatable bonds is 1. The van der Waals surface area contributed by atoms with Gasteiger partial charge in [-0.05, 0) is 31.9 Å². The lowest BCUT2D eigenvalue weighted by atomic mass is 10.3. The minimum absolute atomic E-state index is 0.0813. The summed E-state index contributed by atoms with van der Waals surface area (Å²) < 4.78 is 40.2. The average Bonchev–Trinajstić information content (AvgIpc) is 2.28. The van der Waals surface area contributed by atoms with E-state index in [-0.39, 0.29) is 24.7 Å². The Hall–Kier alpha value is -0.180. The van der Waals surface area contributed by atoms with Crippen LogP contribution in [0.5, 0.6) is 5.75 Å². The molecule has 0 saturated heterocycles. The number of anilines is 1. The van der Waals surface area contributed by atoms with Crippen LogP contribution in [0.15, 0.2) is 8.95 Å². The van der Waals surface area contributed by atoms with E-state index in [4.69, 9.17) is 28.9 Å². The lowest BCUT2D eigenvalue weighted by Crippen LogP contribution is -2.28. The number of alkyl halides is 3. The van der Waals surface area contributed by atoms with Crippen molar-refractivity contribution in [3.05, 3.63) is 19.0 Å². The molecular weight excluding hydrogens is 430 g/mol. The number of halogens is 7. The maximum absolute atomic E-state index is 12.1. The quantitative estimate of drug-likeness (QED) is 0.233. The summed E-state index contributed by atoms with van der Waals surface area (Å²) in [6.07, 6.45) is -5.14. The van der Waals surface area contributed by atoms with Crippen molar-refractivity contribution in [1.29, 1.82) is 0 Å². The Morgan fingerprint density at radius 3 is 2.11 bits per heavy atom. The molecule has 18 heavy (non-hydrogen) atoms. The first-order valence-electron chi connectivity index (χ1n) is 3.97. The van der Waals surface area contributed by atoms with Crippen LogP contribution in [0.3, 0.4) is 0 Å². The predicted octanol–water partition coefficient (Wildman–Crippen LogP) is 4.57. The zero-order valence-corrected chi connectivity index (χ0v) is 12.7. The second-order valence-corrected chi connectivity index (χ2v) is 5.23. The summed E-state index contributed by atoms with van der Waals surface area (Å²) >= 11 is 17.1. The highest BCUT2D eigenvalue weighted by Crippen LogP contribution is 2.48. The molecule has 1 aromatic carbocycles. The lowest BCUT2D eigenvalue weighted by molar-refractivity contribution is -0.189. The molecule has 0 aliphatic carbocycles. The topological polar surface area (TPSA) is 52.3 Å². The predicted molar refractivity (Wildman–Crippen MR) is 68.0 cm³/mol. The monoisotopic (exact) mass is 429 g/mol. The molecule has 0 fully saturated rings. The van der Waals surface area contributed by atoms with Gasteiger partial charge in [-0.25, -0.2) is 4.79 Å².